The fourth-order valence-electron chi connectivity index (χ4n) is 1.94. The van der Waals surface area contributed by atoms with Crippen molar-refractivity contribution in [3.05, 3.63) is 58.8 Å². The number of aromatic nitrogens is 1. The number of nitrogens with zero attached hydrogens (tertiary/aromatic N) is 1. The third-order valence-electron chi connectivity index (χ3n) is 3.13. The van der Waals surface area contributed by atoms with Crippen LogP contribution in [0.3, 0.4) is 0 Å². The number of hydrogen-bond acceptors (Lipinski definition) is 3. The van der Waals surface area contributed by atoms with Gasteiger partial charge in [0.15, 0.2) is 9.74 Å². The molecule has 0 N–H and O–H groups in total. The maximum atomic E-state index is 12.6. The molecule has 3 nitrogen and oxygen atoms in total. The summed E-state index contributed by atoms with van der Waals surface area (Å²) in [5.74, 6) is 0. The first-order valence-corrected chi connectivity index (χ1v) is 8.18. The van der Waals surface area contributed by atoms with E-state index in [1.54, 1.807) is 12.1 Å². The molecule has 0 aliphatic rings. The summed E-state index contributed by atoms with van der Waals surface area (Å²) in [6.07, 6.45) is 1.48. The quantitative estimate of drug-likeness (QED) is 0.812. The van der Waals surface area contributed by atoms with Gasteiger partial charge in [-0.1, -0.05) is 35.4 Å². The molecule has 0 aliphatic carbocycles. The second kappa shape index (κ2) is 5.54. The van der Waals surface area contributed by atoms with Crippen molar-refractivity contribution in [2.75, 3.05) is 0 Å². The van der Waals surface area contributed by atoms with E-state index >= 15 is 0 Å². The van der Waals surface area contributed by atoms with Gasteiger partial charge in [0, 0.05) is 6.20 Å². The van der Waals surface area contributed by atoms with E-state index in [9.17, 15) is 8.42 Å². The van der Waals surface area contributed by atoms with Crippen LogP contribution >= 0.6 is 11.6 Å². The Morgan fingerprint density at radius 1 is 1.05 bits per heavy atom. The topological polar surface area (TPSA) is 47.0 Å². The molecule has 0 radical (unpaired) electrons. The molecular formula is C15H16ClNO2S. The molecule has 0 amide bonds. The Morgan fingerprint density at radius 2 is 1.70 bits per heavy atom. The minimum absolute atomic E-state index is 0.0124. The number of alkyl halides is 1. The predicted octanol–water partition coefficient (Wildman–Crippen LogP) is 3.72. The van der Waals surface area contributed by atoms with Gasteiger partial charge in [0.05, 0.1) is 0 Å². The lowest BCUT2D eigenvalue weighted by molar-refractivity contribution is 0.589. The molecule has 0 bridgehead atoms. The van der Waals surface area contributed by atoms with Gasteiger partial charge < -0.3 is 0 Å². The summed E-state index contributed by atoms with van der Waals surface area (Å²) in [4.78, 5) is 3.94. The van der Waals surface area contributed by atoms with Gasteiger partial charge in [-0.3, -0.25) is 0 Å². The monoisotopic (exact) mass is 309 g/mol. The molecule has 0 spiro atoms. The fraction of sp³-hybridized carbons (Fsp3) is 0.267. The number of halogens is 1. The molecule has 1 aromatic carbocycles. The summed E-state index contributed by atoms with van der Waals surface area (Å²) >= 11 is 6.23. The lowest BCUT2D eigenvalue weighted by Gasteiger charge is -2.14. The third kappa shape index (κ3) is 2.86. The first-order valence-electron chi connectivity index (χ1n) is 6.20. The standard InChI is InChI=1S/C15H16ClNO2S/c1-10-4-5-12(3)13(8-10)15(16)20(18,19)14-9-11(2)6-7-17-14/h4-9,15H,1-3H3. The molecule has 0 saturated carbocycles. The number of aryl methyl sites for hydroxylation is 3. The Morgan fingerprint density at radius 3 is 2.35 bits per heavy atom. The summed E-state index contributed by atoms with van der Waals surface area (Å²) in [6, 6.07) is 8.90. The van der Waals surface area contributed by atoms with E-state index in [1.165, 1.54) is 12.3 Å². The van der Waals surface area contributed by atoms with Crippen molar-refractivity contribution in [1.82, 2.24) is 4.98 Å². The van der Waals surface area contributed by atoms with Crippen LogP contribution < -0.4 is 0 Å². The van der Waals surface area contributed by atoms with Gasteiger partial charge >= 0.3 is 0 Å². The zero-order valence-corrected chi connectivity index (χ0v) is 13.2. The summed E-state index contributed by atoms with van der Waals surface area (Å²) in [5, 5.41) is 0.0124. The Labute approximate surface area is 124 Å². The van der Waals surface area contributed by atoms with Crippen LogP contribution in [0.5, 0.6) is 0 Å². The summed E-state index contributed by atoms with van der Waals surface area (Å²) < 4.78 is 24.0. The Balaban J connectivity index is 2.51. The van der Waals surface area contributed by atoms with E-state index in [-0.39, 0.29) is 5.03 Å². The van der Waals surface area contributed by atoms with E-state index in [4.69, 9.17) is 11.6 Å². The molecule has 20 heavy (non-hydrogen) atoms. The SMILES string of the molecule is Cc1ccnc(S(=O)(=O)C(Cl)c2cc(C)ccc2C)c1. The number of rotatable bonds is 3. The molecule has 1 aromatic heterocycles. The van der Waals surface area contributed by atoms with Crippen LogP contribution in [0.1, 0.15) is 27.0 Å². The van der Waals surface area contributed by atoms with Crippen LogP contribution in [0.2, 0.25) is 0 Å². The molecule has 0 fully saturated rings. The Bertz CT molecular complexity index is 741. The van der Waals surface area contributed by atoms with Crippen molar-refractivity contribution < 1.29 is 8.42 Å². The average Bonchev–Trinajstić information content (AvgIpc) is 2.40. The van der Waals surface area contributed by atoms with Gasteiger partial charge in [0.2, 0.25) is 9.84 Å². The van der Waals surface area contributed by atoms with Crippen molar-refractivity contribution >= 4 is 21.4 Å². The lowest BCUT2D eigenvalue weighted by Crippen LogP contribution is -2.12. The van der Waals surface area contributed by atoms with Crippen LogP contribution in [0.25, 0.3) is 0 Å². The van der Waals surface area contributed by atoms with E-state index < -0.39 is 14.5 Å². The van der Waals surface area contributed by atoms with Crippen molar-refractivity contribution in [3.63, 3.8) is 0 Å². The second-order valence-corrected chi connectivity index (χ2v) is 7.57. The van der Waals surface area contributed by atoms with Crippen LogP contribution in [0.4, 0.5) is 0 Å². The Kier molecular flexibility index (Phi) is 4.16. The highest BCUT2D eigenvalue weighted by Gasteiger charge is 2.29. The largest absolute Gasteiger partial charge is 0.245 e. The normalized spacial score (nSPS) is 13.2. The molecule has 5 heteroatoms. The summed E-state index contributed by atoms with van der Waals surface area (Å²) in [7, 11) is -3.70. The van der Waals surface area contributed by atoms with Crippen LogP contribution in [-0.2, 0) is 9.84 Å². The highest BCUT2D eigenvalue weighted by molar-refractivity contribution is 7.92. The molecule has 2 rings (SSSR count). The van der Waals surface area contributed by atoms with E-state index in [0.29, 0.717) is 5.56 Å². The maximum absolute atomic E-state index is 12.6. The van der Waals surface area contributed by atoms with Gasteiger partial charge in [-0.05, 0) is 49.6 Å². The smallest absolute Gasteiger partial charge is 0.216 e. The number of hydrogen-bond donors (Lipinski definition) is 0. The van der Waals surface area contributed by atoms with Crippen LogP contribution in [-0.4, -0.2) is 13.4 Å². The Hall–Kier alpha value is -1.39. The van der Waals surface area contributed by atoms with Crippen molar-refractivity contribution in [3.8, 4) is 0 Å². The van der Waals surface area contributed by atoms with Crippen LogP contribution in [0, 0.1) is 20.8 Å². The molecule has 1 atom stereocenters. The first kappa shape index (κ1) is 15.0. The minimum atomic E-state index is -3.70. The molecule has 106 valence electrons. The predicted molar refractivity (Wildman–Crippen MR) is 80.7 cm³/mol. The molecule has 0 saturated heterocycles. The zero-order valence-electron chi connectivity index (χ0n) is 11.6. The first-order chi connectivity index (χ1) is 9.32. The number of benzene rings is 1. The minimum Gasteiger partial charge on any atom is -0.245 e. The average molecular weight is 310 g/mol. The summed E-state index contributed by atoms with van der Waals surface area (Å²) in [5.41, 5.74) is 3.27. The third-order valence-corrected chi connectivity index (χ3v) is 5.68. The number of pyridine rings is 1. The maximum Gasteiger partial charge on any atom is 0.216 e. The summed E-state index contributed by atoms with van der Waals surface area (Å²) in [6.45, 7) is 5.58. The van der Waals surface area contributed by atoms with E-state index in [1.807, 2.05) is 32.9 Å². The molecule has 1 heterocycles. The fourth-order valence-corrected chi connectivity index (χ4v) is 3.81. The lowest BCUT2D eigenvalue weighted by atomic mass is 10.1. The van der Waals surface area contributed by atoms with Gasteiger partial charge in [-0.2, -0.15) is 0 Å². The van der Waals surface area contributed by atoms with E-state index in [0.717, 1.165) is 16.7 Å². The molecule has 0 aliphatic heterocycles. The molecule has 1 unspecified atom stereocenters. The second-order valence-electron chi connectivity index (χ2n) is 4.89. The molecular weight excluding hydrogens is 294 g/mol. The van der Waals surface area contributed by atoms with Crippen molar-refractivity contribution in [2.45, 2.75) is 30.5 Å². The molecule has 2 aromatic rings. The highest BCUT2D eigenvalue weighted by Crippen LogP contribution is 2.34. The van der Waals surface area contributed by atoms with E-state index in [2.05, 4.69) is 4.98 Å². The van der Waals surface area contributed by atoms with Crippen LogP contribution in [0.15, 0.2) is 41.6 Å². The highest BCUT2D eigenvalue weighted by atomic mass is 35.5. The van der Waals surface area contributed by atoms with Crippen molar-refractivity contribution in [2.24, 2.45) is 0 Å². The zero-order chi connectivity index (χ0) is 14.9. The number of sulfone groups is 1. The van der Waals surface area contributed by atoms with Gasteiger partial charge in [-0.25, -0.2) is 13.4 Å². The van der Waals surface area contributed by atoms with Gasteiger partial charge in [-0.15, -0.1) is 0 Å². The van der Waals surface area contributed by atoms with Gasteiger partial charge in [0.25, 0.3) is 0 Å². The van der Waals surface area contributed by atoms with Gasteiger partial charge in [0.1, 0.15) is 0 Å². The van der Waals surface area contributed by atoms with Crippen molar-refractivity contribution in [1.29, 1.82) is 0 Å².